The van der Waals surface area contributed by atoms with Crippen molar-refractivity contribution >= 4 is 6.09 Å². The molecule has 0 radical (unpaired) electrons. The van der Waals surface area contributed by atoms with Gasteiger partial charge in [0.15, 0.2) is 0 Å². The molecule has 1 rings (SSSR count). The standard InChI is InChI=1S/C16H28N2O3/c1-6-13(14-9-8-12-20-14)17-10-11-18(7-2)15(19)21-16(3,4)5/h8-9,12-13,17H,6-7,10-11H2,1-5H3. The second kappa shape index (κ2) is 8.08. The number of amides is 1. The third kappa shape index (κ3) is 6.21. The minimum absolute atomic E-state index is 0.178. The molecule has 0 saturated heterocycles. The van der Waals surface area contributed by atoms with Crippen LogP contribution in [-0.4, -0.2) is 36.2 Å². The number of carbonyl (C=O) groups excluding carboxylic acids is 1. The van der Waals surface area contributed by atoms with Crippen molar-refractivity contribution in [1.82, 2.24) is 10.2 Å². The van der Waals surface area contributed by atoms with Gasteiger partial charge in [0.1, 0.15) is 11.4 Å². The van der Waals surface area contributed by atoms with E-state index in [1.165, 1.54) is 0 Å². The summed E-state index contributed by atoms with van der Waals surface area (Å²) in [6, 6.07) is 4.03. The van der Waals surface area contributed by atoms with Gasteiger partial charge in [0.05, 0.1) is 12.3 Å². The number of ether oxygens (including phenoxy) is 1. The summed E-state index contributed by atoms with van der Waals surface area (Å²) in [6.07, 6.45) is 2.35. The first kappa shape index (κ1) is 17.6. The van der Waals surface area contributed by atoms with E-state index in [1.807, 2.05) is 39.8 Å². The number of hydrogen-bond donors (Lipinski definition) is 1. The van der Waals surface area contributed by atoms with Crippen LogP contribution in [0, 0.1) is 0 Å². The van der Waals surface area contributed by atoms with E-state index in [9.17, 15) is 4.79 Å². The first-order valence-electron chi connectivity index (χ1n) is 7.62. The zero-order chi connectivity index (χ0) is 15.9. The van der Waals surface area contributed by atoms with Gasteiger partial charge < -0.3 is 19.4 Å². The summed E-state index contributed by atoms with van der Waals surface area (Å²) < 4.78 is 10.8. The molecule has 0 saturated carbocycles. The second-order valence-electron chi connectivity index (χ2n) is 5.99. The monoisotopic (exact) mass is 296 g/mol. The number of furan rings is 1. The van der Waals surface area contributed by atoms with Crippen molar-refractivity contribution in [1.29, 1.82) is 0 Å². The average molecular weight is 296 g/mol. The maximum Gasteiger partial charge on any atom is 0.410 e. The highest BCUT2D eigenvalue weighted by atomic mass is 16.6. The molecule has 0 fully saturated rings. The Bertz CT molecular complexity index is 410. The molecule has 5 nitrogen and oxygen atoms in total. The highest BCUT2D eigenvalue weighted by Crippen LogP contribution is 2.16. The van der Waals surface area contributed by atoms with Gasteiger partial charge in [-0.3, -0.25) is 0 Å². The highest BCUT2D eigenvalue weighted by Gasteiger charge is 2.21. The predicted molar refractivity (Wildman–Crippen MR) is 83.2 cm³/mol. The van der Waals surface area contributed by atoms with Crippen molar-refractivity contribution in [2.45, 2.75) is 52.7 Å². The molecule has 120 valence electrons. The van der Waals surface area contributed by atoms with E-state index in [-0.39, 0.29) is 12.1 Å². The summed E-state index contributed by atoms with van der Waals surface area (Å²) in [6.45, 7) is 11.6. The molecule has 0 aliphatic rings. The average Bonchev–Trinajstić information content (AvgIpc) is 2.90. The molecular weight excluding hydrogens is 268 g/mol. The molecule has 1 aromatic heterocycles. The van der Waals surface area contributed by atoms with E-state index in [0.717, 1.165) is 12.2 Å². The molecule has 1 amide bonds. The molecule has 1 heterocycles. The van der Waals surface area contributed by atoms with Crippen LogP contribution in [0.3, 0.4) is 0 Å². The molecule has 5 heteroatoms. The fourth-order valence-corrected chi connectivity index (χ4v) is 2.01. The number of hydrogen-bond acceptors (Lipinski definition) is 4. The van der Waals surface area contributed by atoms with Crippen LogP contribution in [-0.2, 0) is 4.74 Å². The van der Waals surface area contributed by atoms with Crippen LogP contribution in [0.1, 0.15) is 52.8 Å². The Morgan fingerprint density at radius 1 is 1.43 bits per heavy atom. The van der Waals surface area contributed by atoms with Crippen LogP contribution < -0.4 is 5.32 Å². The van der Waals surface area contributed by atoms with Crippen LogP contribution in [0.15, 0.2) is 22.8 Å². The lowest BCUT2D eigenvalue weighted by molar-refractivity contribution is 0.0260. The smallest absolute Gasteiger partial charge is 0.410 e. The largest absolute Gasteiger partial charge is 0.468 e. The van der Waals surface area contributed by atoms with E-state index in [1.54, 1.807) is 11.2 Å². The fraction of sp³-hybridized carbons (Fsp3) is 0.688. The van der Waals surface area contributed by atoms with Crippen molar-refractivity contribution in [3.8, 4) is 0 Å². The Kier molecular flexibility index (Phi) is 6.75. The highest BCUT2D eigenvalue weighted by molar-refractivity contribution is 5.68. The molecule has 1 N–H and O–H groups in total. The van der Waals surface area contributed by atoms with Gasteiger partial charge in [-0.15, -0.1) is 0 Å². The first-order chi connectivity index (χ1) is 9.87. The Balaban J connectivity index is 2.43. The molecule has 0 aliphatic heterocycles. The number of likely N-dealkylation sites (N-methyl/N-ethyl adjacent to an activating group) is 1. The Morgan fingerprint density at radius 3 is 2.62 bits per heavy atom. The van der Waals surface area contributed by atoms with E-state index in [2.05, 4.69) is 12.2 Å². The van der Waals surface area contributed by atoms with Crippen LogP contribution in [0.25, 0.3) is 0 Å². The third-order valence-electron chi connectivity index (χ3n) is 3.10. The normalized spacial score (nSPS) is 13.0. The lowest BCUT2D eigenvalue weighted by atomic mass is 10.2. The summed E-state index contributed by atoms with van der Waals surface area (Å²) >= 11 is 0. The lowest BCUT2D eigenvalue weighted by Crippen LogP contribution is -2.40. The topological polar surface area (TPSA) is 54.7 Å². The van der Waals surface area contributed by atoms with Crippen LogP contribution in [0.4, 0.5) is 4.79 Å². The second-order valence-corrected chi connectivity index (χ2v) is 5.99. The van der Waals surface area contributed by atoms with Gasteiger partial charge >= 0.3 is 6.09 Å². The molecule has 0 spiro atoms. The van der Waals surface area contributed by atoms with Crippen molar-refractivity contribution < 1.29 is 13.9 Å². The van der Waals surface area contributed by atoms with Crippen molar-refractivity contribution in [2.75, 3.05) is 19.6 Å². The number of nitrogens with one attached hydrogen (secondary N) is 1. The van der Waals surface area contributed by atoms with E-state index >= 15 is 0 Å². The fourth-order valence-electron chi connectivity index (χ4n) is 2.01. The van der Waals surface area contributed by atoms with Crippen molar-refractivity contribution in [3.05, 3.63) is 24.2 Å². The van der Waals surface area contributed by atoms with Gasteiger partial charge in [0, 0.05) is 19.6 Å². The molecule has 1 aromatic rings. The molecular formula is C16H28N2O3. The summed E-state index contributed by atoms with van der Waals surface area (Å²) in [4.78, 5) is 13.7. The SMILES string of the molecule is CCC(NCCN(CC)C(=O)OC(C)(C)C)c1ccco1. The minimum Gasteiger partial charge on any atom is -0.468 e. The van der Waals surface area contributed by atoms with E-state index in [4.69, 9.17) is 9.15 Å². The zero-order valence-electron chi connectivity index (χ0n) is 13.8. The lowest BCUT2D eigenvalue weighted by Gasteiger charge is -2.27. The number of carbonyl (C=O) groups is 1. The summed E-state index contributed by atoms with van der Waals surface area (Å²) in [7, 11) is 0. The molecule has 1 atom stereocenters. The van der Waals surface area contributed by atoms with Crippen LogP contribution in [0.5, 0.6) is 0 Å². The van der Waals surface area contributed by atoms with Crippen molar-refractivity contribution in [3.63, 3.8) is 0 Å². The van der Waals surface area contributed by atoms with E-state index < -0.39 is 5.60 Å². The number of nitrogens with zero attached hydrogens (tertiary/aromatic N) is 1. The number of rotatable bonds is 7. The van der Waals surface area contributed by atoms with E-state index in [0.29, 0.717) is 19.6 Å². The summed E-state index contributed by atoms with van der Waals surface area (Å²) in [5.41, 5.74) is -0.460. The van der Waals surface area contributed by atoms with Crippen molar-refractivity contribution in [2.24, 2.45) is 0 Å². The van der Waals surface area contributed by atoms with Gasteiger partial charge in [0.25, 0.3) is 0 Å². The van der Waals surface area contributed by atoms with Gasteiger partial charge in [-0.2, -0.15) is 0 Å². The molecule has 0 aliphatic carbocycles. The predicted octanol–water partition coefficient (Wildman–Crippen LogP) is 3.58. The maximum absolute atomic E-state index is 12.0. The quantitative estimate of drug-likeness (QED) is 0.835. The molecule has 1 unspecified atom stereocenters. The first-order valence-corrected chi connectivity index (χ1v) is 7.62. The summed E-state index contributed by atoms with van der Waals surface area (Å²) in [5.74, 6) is 0.929. The molecule has 21 heavy (non-hydrogen) atoms. The zero-order valence-corrected chi connectivity index (χ0v) is 13.8. The Hall–Kier alpha value is -1.49. The minimum atomic E-state index is -0.460. The van der Waals surface area contributed by atoms with Gasteiger partial charge in [-0.05, 0) is 46.2 Å². The van der Waals surface area contributed by atoms with Crippen LogP contribution in [0.2, 0.25) is 0 Å². The molecule has 0 aromatic carbocycles. The Labute approximate surface area is 127 Å². The summed E-state index contributed by atoms with van der Waals surface area (Å²) in [5, 5.41) is 3.41. The molecule has 0 bridgehead atoms. The maximum atomic E-state index is 12.0. The van der Waals surface area contributed by atoms with Gasteiger partial charge in [0.2, 0.25) is 0 Å². The van der Waals surface area contributed by atoms with Gasteiger partial charge in [-0.1, -0.05) is 6.92 Å². The van der Waals surface area contributed by atoms with Crippen LogP contribution >= 0.6 is 0 Å². The Morgan fingerprint density at radius 2 is 2.14 bits per heavy atom. The van der Waals surface area contributed by atoms with Gasteiger partial charge in [-0.25, -0.2) is 4.79 Å². The third-order valence-corrected chi connectivity index (χ3v) is 3.10.